The van der Waals surface area contributed by atoms with E-state index in [2.05, 4.69) is 52.0 Å². The number of benzene rings is 1. The highest BCUT2D eigenvalue weighted by Crippen LogP contribution is 2.32. The van der Waals surface area contributed by atoms with E-state index in [0.717, 1.165) is 16.9 Å². The van der Waals surface area contributed by atoms with Crippen LogP contribution in [-0.2, 0) is 0 Å². The van der Waals surface area contributed by atoms with Gasteiger partial charge < -0.3 is 10.6 Å². The lowest BCUT2D eigenvalue weighted by Gasteiger charge is -2.35. The predicted molar refractivity (Wildman–Crippen MR) is 80.8 cm³/mol. The van der Waals surface area contributed by atoms with E-state index in [1.807, 2.05) is 0 Å². The van der Waals surface area contributed by atoms with E-state index in [4.69, 9.17) is 5.73 Å². The molecule has 1 heterocycles. The van der Waals surface area contributed by atoms with Crippen LogP contribution in [0.15, 0.2) is 28.7 Å². The zero-order valence-electron chi connectivity index (χ0n) is 11.1. The molecule has 1 aromatic rings. The van der Waals surface area contributed by atoms with E-state index >= 15 is 0 Å². The maximum atomic E-state index is 6.02. The third-order valence-electron chi connectivity index (χ3n) is 4.20. The smallest absolute Gasteiger partial charge is 0.0175 e. The number of nitrogens with zero attached hydrogens (tertiary/aromatic N) is 1. The molecular weight excluding hydrogens is 288 g/mol. The van der Waals surface area contributed by atoms with Gasteiger partial charge in [-0.05, 0) is 68.6 Å². The molecule has 1 aliphatic heterocycles. The number of rotatable bonds is 4. The maximum absolute atomic E-state index is 6.02. The number of piperidine rings is 1. The highest BCUT2D eigenvalue weighted by Gasteiger charge is 2.26. The molecule has 2 N–H and O–H groups in total. The highest BCUT2D eigenvalue weighted by molar-refractivity contribution is 9.10. The van der Waals surface area contributed by atoms with Crippen molar-refractivity contribution in [1.82, 2.24) is 4.90 Å². The van der Waals surface area contributed by atoms with Gasteiger partial charge >= 0.3 is 0 Å². The van der Waals surface area contributed by atoms with Gasteiger partial charge in [-0.3, -0.25) is 0 Å². The van der Waals surface area contributed by atoms with Gasteiger partial charge in [-0.25, -0.2) is 0 Å². The first-order valence-electron chi connectivity index (χ1n) is 6.92. The van der Waals surface area contributed by atoms with Crippen LogP contribution in [0.3, 0.4) is 0 Å². The summed E-state index contributed by atoms with van der Waals surface area (Å²) in [4.78, 5) is 2.53. The molecule has 0 spiro atoms. The van der Waals surface area contributed by atoms with Crippen LogP contribution in [0.25, 0.3) is 0 Å². The topological polar surface area (TPSA) is 29.3 Å². The van der Waals surface area contributed by atoms with Crippen molar-refractivity contribution < 1.29 is 0 Å². The summed E-state index contributed by atoms with van der Waals surface area (Å²) in [5.74, 6) is 1.27. The lowest BCUT2D eigenvalue weighted by molar-refractivity contribution is 0.176. The van der Waals surface area contributed by atoms with Crippen LogP contribution >= 0.6 is 15.9 Å². The molecule has 0 radical (unpaired) electrons. The van der Waals surface area contributed by atoms with E-state index in [-0.39, 0.29) is 0 Å². The number of hydrogen-bond acceptors (Lipinski definition) is 2. The maximum Gasteiger partial charge on any atom is 0.0175 e. The molecule has 2 nitrogen and oxygen atoms in total. The lowest BCUT2D eigenvalue weighted by Crippen LogP contribution is -2.36. The highest BCUT2D eigenvalue weighted by atomic mass is 79.9. The van der Waals surface area contributed by atoms with E-state index in [9.17, 15) is 0 Å². The minimum atomic E-state index is 0.525. The Bertz CT molecular complexity index is 355. The van der Waals surface area contributed by atoms with Gasteiger partial charge in [-0.1, -0.05) is 35.0 Å². The van der Waals surface area contributed by atoms with Crippen molar-refractivity contribution in [1.29, 1.82) is 0 Å². The van der Waals surface area contributed by atoms with Gasteiger partial charge in [0.05, 0.1) is 0 Å². The average Bonchev–Trinajstić information content (AvgIpc) is 2.42. The van der Waals surface area contributed by atoms with Crippen LogP contribution in [0.2, 0.25) is 0 Å². The zero-order chi connectivity index (χ0) is 13.0. The zero-order valence-corrected chi connectivity index (χ0v) is 12.7. The first kappa shape index (κ1) is 14.0. The minimum absolute atomic E-state index is 0.525. The van der Waals surface area contributed by atoms with E-state index < -0.39 is 0 Å². The molecule has 0 saturated carbocycles. The third kappa shape index (κ3) is 3.34. The molecule has 100 valence electrons. The Hall–Kier alpha value is -0.380. The molecule has 1 unspecified atom stereocenters. The summed E-state index contributed by atoms with van der Waals surface area (Å²) in [6, 6.07) is 8.68. The van der Waals surface area contributed by atoms with Crippen LogP contribution in [0.4, 0.5) is 0 Å². The van der Waals surface area contributed by atoms with Crippen molar-refractivity contribution in [2.45, 2.75) is 25.7 Å². The molecule has 0 amide bonds. The standard InChI is InChI=1S/C15H23BrN2/c1-2-18-9-7-13(8-10-18)15(11-17)12-3-5-14(16)6-4-12/h3-6,13,15H,2,7-11,17H2,1H3. The molecule has 18 heavy (non-hydrogen) atoms. The third-order valence-corrected chi connectivity index (χ3v) is 4.73. The number of halogens is 1. The fraction of sp³-hybridized carbons (Fsp3) is 0.600. The SMILES string of the molecule is CCN1CCC(C(CN)c2ccc(Br)cc2)CC1. The molecule has 1 aliphatic rings. The Morgan fingerprint density at radius 1 is 1.28 bits per heavy atom. The molecule has 2 rings (SSSR count). The Kier molecular flexibility index (Phi) is 5.22. The predicted octanol–water partition coefficient (Wildman–Crippen LogP) is 3.22. The van der Waals surface area contributed by atoms with Crippen molar-refractivity contribution in [3.63, 3.8) is 0 Å². The van der Waals surface area contributed by atoms with Gasteiger partial charge in [0.1, 0.15) is 0 Å². The van der Waals surface area contributed by atoms with Crippen molar-refractivity contribution >= 4 is 15.9 Å². The summed E-state index contributed by atoms with van der Waals surface area (Å²) in [7, 11) is 0. The molecule has 3 heteroatoms. The number of hydrogen-bond donors (Lipinski definition) is 1. The van der Waals surface area contributed by atoms with Gasteiger partial charge in [0.15, 0.2) is 0 Å². The molecule has 1 atom stereocenters. The van der Waals surface area contributed by atoms with Gasteiger partial charge in [0, 0.05) is 4.47 Å². The van der Waals surface area contributed by atoms with Gasteiger partial charge in [0.2, 0.25) is 0 Å². The van der Waals surface area contributed by atoms with E-state index in [1.54, 1.807) is 0 Å². The largest absolute Gasteiger partial charge is 0.330 e. The number of nitrogens with two attached hydrogens (primary N) is 1. The average molecular weight is 311 g/mol. The summed E-state index contributed by atoms with van der Waals surface area (Å²) < 4.78 is 1.14. The van der Waals surface area contributed by atoms with Gasteiger partial charge in [-0.2, -0.15) is 0 Å². The van der Waals surface area contributed by atoms with Crippen LogP contribution < -0.4 is 5.73 Å². The summed E-state index contributed by atoms with van der Waals surface area (Å²) in [5, 5.41) is 0. The molecular formula is C15H23BrN2. The molecule has 1 fully saturated rings. The molecule has 1 aromatic carbocycles. The lowest BCUT2D eigenvalue weighted by atomic mass is 9.80. The Labute approximate surface area is 119 Å². The van der Waals surface area contributed by atoms with Crippen molar-refractivity contribution in [3.8, 4) is 0 Å². The van der Waals surface area contributed by atoms with Gasteiger partial charge in [-0.15, -0.1) is 0 Å². The first-order chi connectivity index (χ1) is 8.74. The van der Waals surface area contributed by atoms with Crippen LogP contribution in [0.5, 0.6) is 0 Å². The Morgan fingerprint density at radius 3 is 2.39 bits per heavy atom. The van der Waals surface area contributed by atoms with Gasteiger partial charge in [0.25, 0.3) is 0 Å². The normalized spacial score (nSPS) is 19.9. The fourth-order valence-electron chi connectivity index (χ4n) is 2.98. The quantitative estimate of drug-likeness (QED) is 0.925. The molecule has 0 aromatic heterocycles. The van der Waals surface area contributed by atoms with E-state index in [0.29, 0.717) is 5.92 Å². The Balaban J connectivity index is 2.03. The summed E-state index contributed by atoms with van der Waals surface area (Å²) in [5.41, 5.74) is 7.41. The summed E-state index contributed by atoms with van der Waals surface area (Å²) >= 11 is 3.49. The van der Waals surface area contributed by atoms with Crippen molar-refractivity contribution in [3.05, 3.63) is 34.3 Å². The second kappa shape index (κ2) is 6.69. The Morgan fingerprint density at radius 2 is 1.89 bits per heavy atom. The first-order valence-corrected chi connectivity index (χ1v) is 7.71. The molecule has 0 aliphatic carbocycles. The minimum Gasteiger partial charge on any atom is -0.330 e. The summed E-state index contributed by atoms with van der Waals surface area (Å²) in [6.07, 6.45) is 2.57. The second-order valence-corrected chi connectivity index (χ2v) is 6.08. The molecule has 0 bridgehead atoms. The van der Waals surface area contributed by atoms with Crippen LogP contribution in [-0.4, -0.2) is 31.1 Å². The van der Waals surface area contributed by atoms with Crippen LogP contribution in [0, 0.1) is 5.92 Å². The fourth-order valence-corrected chi connectivity index (χ4v) is 3.25. The number of likely N-dealkylation sites (tertiary alicyclic amines) is 1. The summed E-state index contributed by atoms with van der Waals surface area (Å²) in [6.45, 7) is 6.65. The van der Waals surface area contributed by atoms with Crippen molar-refractivity contribution in [2.75, 3.05) is 26.2 Å². The van der Waals surface area contributed by atoms with Crippen LogP contribution in [0.1, 0.15) is 31.2 Å². The molecule has 1 saturated heterocycles. The monoisotopic (exact) mass is 310 g/mol. The second-order valence-electron chi connectivity index (χ2n) is 5.17. The van der Waals surface area contributed by atoms with E-state index in [1.165, 1.54) is 38.0 Å². The van der Waals surface area contributed by atoms with Crippen molar-refractivity contribution in [2.24, 2.45) is 11.7 Å².